The third-order valence-corrected chi connectivity index (χ3v) is 6.10. The van der Waals surface area contributed by atoms with Gasteiger partial charge in [-0.3, -0.25) is 0 Å². The fourth-order valence-corrected chi connectivity index (χ4v) is 5.43. The summed E-state index contributed by atoms with van der Waals surface area (Å²) < 4.78 is 6.09. The van der Waals surface area contributed by atoms with Crippen LogP contribution in [0.4, 0.5) is 0 Å². The van der Waals surface area contributed by atoms with Crippen LogP contribution in [0.2, 0.25) is 0 Å². The van der Waals surface area contributed by atoms with Gasteiger partial charge in [-0.1, -0.05) is 6.07 Å². The second-order valence-electron chi connectivity index (χ2n) is 6.79. The second kappa shape index (κ2) is 3.49. The summed E-state index contributed by atoms with van der Waals surface area (Å²) in [5.74, 6) is 1.41. The Hall–Kier alpha value is -1.26. The molecule has 2 bridgehead atoms. The van der Waals surface area contributed by atoms with Crippen molar-refractivity contribution in [1.29, 1.82) is 0 Å². The molecule has 4 nitrogen and oxygen atoms in total. The Bertz CT molecular complexity index is 602. The highest BCUT2D eigenvalue weighted by Gasteiger charge is 2.64. The average Bonchev–Trinajstić information content (AvgIpc) is 2.78. The molecule has 106 valence electrons. The van der Waals surface area contributed by atoms with Crippen LogP contribution in [0.15, 0.2) is 12.1 Å². The zero-order valence-corrected chi connectivity index (χ0v) is 11.3. The molecule has 2 aliphatic heterocycles. The van der Waals surface area contributed by atoms with Gasteiger partial charge < -0.3 is 20.3 Å². The number of aromatic hydroxyl groups is 1. The van der Waals surface area contributed by atoms with E-state index in [2.05, 4.69) is 5.32 Å². The van der Waals surface area contributed by atoms with Crippen molar-refractivity contribution in [2.45, 2.75) is 49.3 Å². The van der Waals surface area contributed by atoms with Crippen LogP contribution in [0.25, 0.3) is 0 Å². The first-order chi connectivity index (χ1) is 9.72. The normalized spacial score (nSPS) is 43.9. The number of benzene rings is 1. The quantitative estimate of drug-likeness (QED) is 0.662. The van der Waals surface area contributed by atoms with E-state index in [1.165, 1.54) is 11.1 Å². The fourth-order valence-electron chi connectivity index (χ4n) is 5.43. The number of hydrogen-bond acceptors (Lipinski definition) is 4. The van der Waals surface area contributed by atoms with Crippen LogP contribution in [0, 0.1) is 5.92 Å². The summed E-state index contributed by atoms with van der Waals surface area (Å²) in [5.41, 5.74) is 2.43. The van der Waals surface area contributed by atoms with Gasteiger partial charge in [0, 0.05) is 17.0 Å². The molecule has 0 amide bonds. The van der Waals surface area contributed by atoms with Gasteiger partial charge >= 0.3 is 0 Å². The SMILES string of the molecule is Oc1ccc2c3c1O[C@H]1[C@@H](O)CC[C@H]4C(C2)NCCC341. The summed E-state index contributed by atoms with van der Waals surface area (Å²) in [6.45, 7) is 0.974. The lowest BCUT2D eigenvalue weighted by atomic mass is 9.52. The van der Waals surface area contributed by atoms with E-state index >= 15 is 0 Å². The van der Waals surface area contributed by atoms with E-state index in [1.54, 1.807) is 6.07 Å². The van der Waals surface area contributed by atoms with Gasteiger partial charge in [0.05, 0.1) is 6.10 Å². The smallest absolute Gasteiger partial charge is 0.165 e. The van der Waals surface area contributed by atoms with E-state index in [-0.39, 0.29) is 17.3 Å². The maximum atomic E-state index is 10.5. The number of aliphatic hydroxyl groups is 1. The Morgan fingerprint density at radius 3 is 3.10 bits per heavy atom. The molecule has 4 heteroatoms. The van der Waals surface area contributed by atoms with Crippen LogP contribution < -0.4 is 10.1 Å². The summed E-state index contributed by atoms with van der Waals surface area (Å²) in [5, 5.41) is 24.3. The molecule has 0 radical (unpaired) electrons. The first-order valence-electron chi connectivity index (χ1n) is 7.65. The Kier molecular flexibility index (Phi) is 1.99. The highest BCUT2D eigenvalue weighted by molar-refractivity contribution is 5.60. The molecular weight excluding hydrogens is 254 g/mol. The molecule has 3 N–H and O–H groups in total. The molecule has 2 aliphatic carbocycles. The number of rotatable bonds is 0. The Labute approximate surface area is 117 Å². The van der Waals surface area contributed by atoms with E-state index in [1.807, 2.05) is 6.07 Å². The average molecular weight is 273 g/mol. The number of phenolic OH excluding ortho intramolecular Hbond substituents is 1. The van der Waals surface area contributed by atoms with Gasteiger partial charge in [-0.2, -0.15) is 0 Å². The van der Waals surface area contributed by atoms with E-state index in [4.69, 9.17) is 4.74 Å². The number of phenols is 1. The van der Waals surface area contributed by atoms with Gasteiger partial charge in [0.1, 0.15) is 6.10 Å². The lowest BCUT2D eigenvalue weighted by Gasteiger charge is -2.56. The van der Waals surface area contributed by atoms with Gasteiger partial charge in [0.25, 0.3) is 0 Å². The number of aliphatic hydroxyl groups excluding tert-OH is 1. The minimum Gasteiger partial charge on any atom is -0.504 e. The number of piperidine rings is 1. The topological polar surface area (TPSA) is 61.7 Å². The molecule has 5 atom stereocenters. The van der Waals surface area contributed by atoms with Gasteiger partial charge in [-0.25, -0.2) is 0 Å². The van der Waals surface area contributed by atoms with Crippen molar-refractivity contribution in [1.82, 2.24) is 5.32 Å². The van der Waals surface area contributed by atoms with Crippen molar-refractivity contribution in [3.05, 3.63) is 23.3 Å². The number of nitrogens with one attached hydrogen (secondary N) is 1. The predicted octanol–water partition coefficient (Wildman–Crippen LogP) is 1.08. The van der Waals surface area contributed by atoms with Crippen molar-refractivity contribution in [2.24, 2.45) is 5.92 Å². The highest BCUT2D eigenvalue weighted by Crippen LogP contribution is 2.62. The molecule has 1 saturated carbocycles. The van der Waals surface area contributed by atoms with Gasteiger partial charge in [0.15, 0.2) is 11.5 Å². The van der Waals surface area contributed by atoms with Crippen LogP contribution in [0.1, 0.15) is 30.4 Å². The predicted molar refractivity (Wildman–Crippen MR) is 73.0 cm³/mol. The van der Waals surface area contributed by atoms with Crippen LogP contribution in [0.3, 0.4) is 0 Å². The molecule has 2 unspecified atom stereocenters. The van der Waals surface area contributed by atoms with E-state index in [0.29, 0.717) is 17.7 Å². The van der Waals surface area contributed by atoms with Crippen molar-refractivity contribution in [3.63, 3.8) is 0 Å². The summed E-state index contributed by atoms with van der Waals surface area (Å²) in [6.07, 6.45) is 3.28. The molecule has 5 rings (SSSR count). The molecule has 4 aliphatic rings. The van der Waals surface area contributed by atoms with Gasteiger partial charge in [0.2, 0.25) is 0 Å². The van der Waals surface area contributed by atoms with E-state index in [9.17, 15) is 10.2 Å². The molecule has 1 aromatic rings. The number of hydrogen-bond donors (Lipinski definition) is 3. The molecule has 1 aromatic carbocycles. The summed E-state index contributed by atoms with van der Waals surface area (Å²) in [6, 6.07) is 4.27. The zero-order valence-electron chi connectivity index (χ0n) is 11.3. The van der Waals surface area contributed by atoms with Crippen LogP contribution in [-0.2, 0) is 11.8 Å². The van der Waals surface area contributed by atoms with Crippen molar-refractivity contribution >= 4 is 0 Å². The lowest BCUT2D eigenvalue weighted by molar-refractivity contribution is -0.0761. The first-order valence-corrected chi connectivity index (χ1v) is 7.65. The van der Waals surface area contributed by atoms with E-state index < -0.39 is 6.10 Å². The summed E-state index contributed by atoms with van der Waals surface area (Å²) in [4.78, 5) is 0. The molecule has 0 aromatic heterocycles. The van der Waals surface area contributed by atoms with Crippen molar-refractivity contribution < 1.29 is 14.9 Å². The maximum Gasteiger partial charge on any atom is 0.165 e. The molecule has 1 saturated heterocycles. The molecular formula is C16H19NO3. The summed E-state index contributed by atoms with van der Waals surface area (Å²) >= 11 is 0. The van der Waals surface area contributed by atoms with Gasteiger partial charge in [-0.05, 0) is 49.8 Å². The largest absolute Gasteiger partial charge is 0.504 e. The molecule has 1 spiro atoms. The standard InChI is InChI=1S/C16H19NO3/c18-11-3-1-8-7-10-9-2-4-12(19)15-16(9,5-6-17-10)13(8)14(11)20-15/h1,3,9-10,12,15,17-19H,2,4-7H2/t9-,10?,12-,15-,16?/m0/s1. The number of ether oxygens (including phenoxy) is 1. The Morgan fingerprint density at radius 1 is 1.30 bits per heavy atom. The lowest BCUT2D eigenvalue weighted by Crippen LogP contribution is -2.66. The fraction of sp³-hybridized carbons (Fsp3) is 0.625. The van der Waals surface area contributed by atoms with Crippen molar-refractivity contribution in [2.75, 3.05) is 6.54 Å². The monoisotopic (exact) mass is 273 g/mol. The van der Waals surface area contributed by atoms with Crippen LogP contribution >= 0.6 is 0 Å². The molecule has 2 heterocycles. The van der Waals surface area contributed by atoms with Crippen LogP contribution in [0.5, 0.6) is 11.5 Å². The summed E-state index contributed by atoms with van der Waals surface area (Å²) in [7, 11) is 0. The molecule has 20 heavy (non-hydrogen) atoms. The second-order valence-corrected chi connectivity index (χ2v) is 6.79. The minimum atomic E-state index is -0.414. The van der Waals surface area contributed by atoms with Crippen LogP contribution in [-0.4, -0.2) is 35.0 Å². The minimum absolute atomic E-state index is 0.0742. The Balaban J connectivity index is 1.83. The highest BCUT2D eigenvalue weighted by atomic mass is 16.5. The third kappa shape index (κ3) is 1.09. The zero-order chi connectivity index (χ0) is 13.5. The molecule has 2 fully saturated rings. The van der Waals surface area contributed by atoms with Gasteiger partial charge in [-0.15, -0.1) is 0 Å². The van der Waals surface area contributed by atoms with E-state index in [0.717, 1.165) is 32.2 Å². The van der Waals surface area contributed by atoms with Crippen molar-refractivity contribution in [3.8, 4) is 11.5 Å². The Morgan fingerprint density at radius 2 is 2.20 bits per heavy atom. The maximum absolute atomic E-state index is 10.5. The third-order valence-electron chi connectivity index (χ3n) is 6.10. The first kappa shape index (κ1) is 11.4.